The summed E-state index contributed by atoms with van der Waals surface area (Å²) >= 11 is 0. The lowest BCUT2D eigenvalue weighted by molar-refractivity contribution is -0.120. The summed E-state index contributed by atoms with van der Waals surface area (Å²) in [5, 5.41) is 9.83. The van der Waals surface area contributed by atoms with Crippen molar-refractivity contribution in [2.45, 2.75) is 45.4 Å². The highest BCUT2D eigenvalue weighted by Crippen LogP contribution is 2.19. The van der Waals surface area contributed by atoms with Crippen LogP contribution in [0.4, 0.5) is 5.82 Å². The first-order valence-corrected chi connectivity index (χ1v) is 7.36. The molecule has 0 radical (unpaired) electrons. The number of carbonyl (C=O) groups excluding carboxylic acids is 1. The molecule has 0 fully saturated rings. The second kappa shape index (κ2) is 7.72. The van der Waals surface area contributed by atoms with Gasteiger partial charge in [0, 0.05) is 25.6 Å². The molecule has 5 heteroatoms. The smallest absolute Gasteiger partial charge is 0.221 e. The number of allylic oxidation sites excluding steroid dienone is 1. The Labute approximate surface area is 119 Å². The summed E-state index contributed by atoms with van der Waals surface area (Å²) in [4.78, 5) is 11.7. The molecule has 1 aromatic rings. The van der Waals surface area contributed by atoms with Crippen LogP contribution in [-0.4, -0.2) is 24.2 Å². The van der Waals surface area contributed by atoms with Gasteiger partial charge in [0.15, 0.2) is 5.82 Å². The van der Waals surface area contributed by atoms with Crippen molar-refractivity contribution in [3.8, 4) is 0 Å². The third-order valence-electron chi connectivity index (χ3n) is 3.44. The third kappa shape index (κ3) is 5.07. The first-order valence-electron chi connectivity index (χ1n) is 7.36. The normalized spacial score (nSPS) is 14.8. The maximum atomic E-state index is 11.7. The van der Waals surface area contributed by atoms with Crippen LogP contribution in [0.25, 0.3) is 0 Å². The molecule has 0 unspecified atom stereocenters. The Morgan fingerprint density at radius 2 is 2.30 bits per heavy atom. The zero-order valence-electron chi connectivity index (χ0n) is 12.1. The van der Waals surface area contributed by atoms with Crippen molar-refractivity contribution in [3.05, 3.63) is 23.5 Å². The van der Waals surface area contributed by atoms with E-state index < -0.39 is 0 Å². The molecule has 1 aliphatic rings. The van der Waals surface area contributed by atoms with Gasteiger partial charge >= 0.3 is 0 Å². The van der Waals surface area contributed by atoms with Gasteiger partial charge in [0.05, 0.1) is 0 Å². The molecule has 0 saturated heterocycles. The van der Waals surface area contributed by atoms with Crippen LogP contribution in [-0.2, 0) is 4.79 Å². The molecule has 1 amide bonds. The van der Waals surface area contributed by atoms with Gasteiger partial charge in [0.2, 0.25) is 5.91 Å². The minimum absolute atomic E-state index is 0.0779. The molecule has 5 nitrogen and oxygen atoms in total. The highest BCUT2D eigenvalue weighted by molar-refractivity contribution is 5.76. The van der Waals surface area contributed by atoms with Gasteiger partial charge in [-0.2, -0.15) is 0 Å². The standard InChI is InChI=1S/C15H23N3O2/c1-12-11-14(18-20-12)16-10-8-15(19)17-9-7-13-5-3-2-4-6-13/h5,11H,2-4,6-10H2,1H3,(H,16,18)(H,17,19). The van der Waals surface area contributed by atoms with Gasteiger partial charge in [-0.3, -0.25) is 4.79 Å². The Balaban J connectivity index is 1.55. The number of aryl methyl sites for hydroxylation is 1. The molecule has 0 atom stereocenters. The van der Waals surface area contributed by atoms with E-state index in [4.69, 9.17) is 4.52 Å². The van der Waals surface area contributed by atoms with Crippen molar-refractivity contribution in [1.29, 1.82) is 0 Å². The van der Waals surface area contributed by atoms with Gasteiger partial charge in [0.25, 0.3) is 0 Å². The molecule has 2 rings (SSSR count). The second-order valence-electron chi connectivity index (χ2n) is 5.21. The van der Waals surface area contributed by atoms with Gasteiger partial charge in [0.1, 0.15) is 5.76 Å². The summed E-state index contributed by atoms with van der Waals surface area (Å²) in [5.74, 6) is 1.52. The average Bonchev–Trinajstić information content (AvgIpc) is 2.86. The van der Waals surface area contributed by atoms with Crippen molar-refractivity contribution in [2.75, 3.05) is 18.4 Å². The predicted octanol–water partition coefficient (Wildman–Crippen LogP) is 2.79. The fraction of sp³-hybridized carbons (Fsp3) is 0.600. The average molecular weight is 277 g/mol. The van der Waals surface area contributed by atoms with E-state index in [0.717, 1.165) is 18.7 Å². The summed E-state index contributed by atoms with van der Waals surface area (Å²) in [7, 11) is 0. The second-order valence-corrected chi connectivity index (χ2v) is 5.21. The van der Waals surface area contributed by atoms with E-state index in [9.17, 15) is 4.79 Å². The number of hydrogen-bond acceptors (Lipinski definition) is 4. The summed E-state index contributed by atoms with van der Waals surface area (Å²) in [6.45, 7) is 3.15. The molecule has 0 spiro atoms. The Hall–Kier alpha value is -1.78. The van der Waals surface area contributed by atoms with Gasteiger partial charge in [-0.25, -0.2) is 0 Å². The molecule has 1 aromatic heterocycles. The maximum absolute atomic E-state index is 11.7. The van der Waals surface area contributed by atoms with E-state index in [1.165, 1.54) is 31.3 Å². The zero-order valence-corrected chi connectivity index (χ0v) is 12.1. The van der Waals surface area contributed by atoms with Crippen LogP contribution >= 0.6 is 0 Å². The summed E-state index contributed by atoms with van der Waals surface area (Å²) in [6, 6.07) is 1.81. The summed E-state index contributed by atoms with van der Waals surface area (Å²) in [6.07, 6.45) is 8.76. The molecule has 1 heterocycles. The molecule has 0 saturated carbocycles. The van der Waals surface area contributed by atoms with Crippen LogP contribution in [0.15, 0.2) is 22.2 Å². The number of amides is 1. The van der Waals surface area contributed by atoms with Crippen molar-refractivity contribution in [2.24, 2.45) is 0 Å². The Morgan fingerprint density at radius 1 is 1.40 bits per heavy atom. The van der Waals surface area contributed by atoms with Gasteiger partial charge in [-0.15, -0.1) is 0 Å². The number of rotatable bonds is 7. The van der Waals surface area contributed by atoms with E-state index >= 15 is 0 Å². The van der Waals surface area contributed by atoms with Crippen LogP contribution in [0.5, 0.6) is 0 Å². The van der Waals surface area contributed by atoms with Crippen LogP contribution in [0, 0.1) is 6.92 Å². The maximum Gasteiger partial charge on any atom is 0.221 e. The molecule has 0 aliphatic heterocycles. The Kier molecular flexibility index (Phi) is 5.65. The lowest BCUT2D eigenvalue weighted by Gasteiger charge is -2.12. The fourth-order valence-electron chi connectivity index (χ4n) is 2.34. The number of carbonyl (C=O) groups is 1. The minimum Gasteiger partial charge on any atom is -0.367 e. The van der Waals surface area contributed by atoms with Gasteiger partial charge in [-0.05, 0) is 39.0 Å². The first-order chi connectivity index (χ1) is 9.74. The molecular formula is C15H23N3O2. The van der Waals surface area contributed by atoms with E-state index in [2.05, 4.69) is 21.9 Å². The summed E-state index contributed by atoms with van der Waals surface area (Å²) in [5.41, 5.74) is 1.49. The monoisotopic (exact) mass is 277 g/mol. The van der Waals surface area contributed by atoms with Crippen LogP contribution < -0.4 is 10.6 Å². The molecule has 1 aliphatic carbocycles. The zero-order chi connectivity index (χ0) is 14.2. The lowest BCUT2D eigenvalue weighted by Crippen LogP contribution is -2.26. The third-order valence-corrected chi connectivity index (χ3v) is 3.44. The highest BCUT2D eigenvalue weighted by atomic mass is 16.5. The number of anilines is 1. The highest BCUT2D eigenvalue weighted by Gasteiger charge is 2.05. The SMILES string of the molecule is Cc1cc(NCCC(=O)NCCC2=CCCCC2)no1. The molecule has 20 heavy (non-hydrogen) atoms. The predicted molar refractivity (Wildman–Crippen MR) is 78.5 cm³/mol. The Morgan fingerprint density at radius 3 is 3.00 bits per heavy atom. The van der Waals surface area contributed by atoms with Crippen molar-refractivity contribution in [3.63, 3.8) is 0 Å². The topological polar surface area (TPSA) is 67.2 Å². The number of aromatic nitrogens is 1. The van der Waals surface area contributed by atoms with E-state index in [0.29, 0.717) is 18.8 Å². The molecule has 110 valence electrons. The largest absolute Gasteiger partial charge is 0.367 e. The minimum atomic E-state index is 0.0779. The molecular weight excluding hydrogens is 254 g/mol. The van der Waals surface area contributed by atoms with Crippen molar-refractivity contribution < 1.29 is 9.32 Å². The van der Waals surface area contributed by atoms with Crippen LogP contribution in [0.3, 0.4) is 0 Å². The molecule has 2 N–H and O–H groups in total. The summed E-state index contributed by atoms with van der Waals surface area (Å²) < 4.78 is 4.93. The van der Waals surface area contributed by atoms with E-state index in [1.54, 1.807) is 0 Å². The molecule has 0 bridgehead atoms. The quantitative estimate of drug-likeness (QED) is 0.752. The molecule has 0 aromatic carbocycles. The van der Waals surface area contributed by atoms with E-state index in [-0.39, 0.29) is 5.91 Å². The van der Waals surface area contributed by atoms with Crippen molar-refractivity contribution >= 4 is 11.7 Å². The first kappa shape index (κ1) is 14.6. The number of hydrogen-bond donors (Lipinski definition) is 2. The number of nitrogens with zero attached hydrogens (tertiary/aromatic N) is 1. The van der Waals surface area contributed by atoms with Crippen molar-refractivity contribution in [1.82, 2.24) is 10.5 Å². The van der Waals surface area contributed by atoms with E-state index in [1.807, 2.05) is 13.0 Å². The number of nitrogens with one attached hydrogen (secondary N) is 2. The van der Waals surface area contributed by atoms with Gasteiger partial charge in [-0.1, -0.05) is 16.8 Å². The van der Waals surface area contributed by atoms with Crippen LogP contribution in [0.2, 0.25) is 0 Å². The Bertz CT molecular complexity index is 465. The van der Waals surface area contributed by atoms with Crippen LogP contribution in [0.1, 0.15) is 44.3 Å². The lowest BCUT2D eigenvalue weighted by atomic mass is 9.97. The fourth-order valence-corrected chi connectivity index (χ4v) is 2.34. The van der Waals surface area contributed by atoms with Gasteiger partial charge < -0.3 is 15.2 Å².